The van der Waals surface area contributed by atoms with Gasteiger partial charge in [-0.2, -0.15) is 0 Å². The molecular formula is C52H74N8O7S. The highest BCUT2D eigenvalue weighted by Gasteiger charge is 2.44. The number of thiazole rings is 1. The second-order valence-corrected chi connectivity index (χ2v) is 20.8. The first kappa shape index (κ1) is 50.7. The normalized spacial score (nSPS) is 20.2. The lowest BCUT2D eigenvalue weighted by Gasteiger charge is -2.37. The van der Waals surface area contributed by atoms with Crippen LogP contribution in [0.1, 0.15) is 112 Å². The zero-order valence-electron chi connectivity index (χ0n) is 41.3. The highest BCUT2D eigenvalue weighted by molar-refractivity contribution is 7.10. The molecule has 1 aromatic carbocycles. The number of likely N-dealkylation sites (N-methyl/N-ethyl adjacent to an activating group) is 1. The van der Waals surface area contributed by atoms with Gasteiger partial charge in [0.25, 0.3) is 11.8 Å². The fourth-order valence-electron chi connectivity index (χ4n) is 10.7. The molecule has 370 valence electrons. The Balaban J connectivity index is 0.00000456. The number of hydrazine groups is 1. The summed E-state index contributed by atoms with van der Waals surface area (Å²) >= 11 is 1.44. The first-order valence-corrected chi connectivity index (χ1v) is 25.2. The topological polar surface area (TPSA) is 171 Å². The molecule has 3 fully saturated rings. The maximum atomic E-state index is 14.8. The molecule has 0 bridgehead atoms. The van der Waals surface area contributed by atoms with Gasteiger partial charge in [0.15, 0.2) is 0 Å². The van der Waals surface area contributed by atoms with Crippen molar-refractivity contribution < 1.29 is 36.9 Å². The van der Waals surface area contributed by atoms with Crippen LogP contribution in [0.4, 0.5) is 0 Å². The highest BCUT2D eigenvalue weighted by atomic mass is 32.1. The number of amides is 4. The fourth-order valence-corrected chi connectivity index (χ4v) is 11.5. The van der Waals surface area contributed by atoms with Crippen molar-refractivity contribution >= 4 is 45.9 Å². The van der Waals surface area contributed by atoms with E-state index in [1.807, 2.05) is 32.2 Å². The van der Waals surface area contributed by atoms with Crippen LogP contribution < -0.4 is 10.7 Å². The molecule has 5 heterocycles. The van der Waals surface area contributed by atoms with E-state index in [0.29, 0.717) is 31.1 Å². The Bertz CT molecular complexity index is 2530. The van der Waals surface area contributed by atoms with E-state index >= 15 is 0 Å². The van der Waals surface area contributed by atoms with Crippen LogP contribution >= 0.6 is 11.3 Å². The van der Waals surface area contributed by atoms with Gasteiger partial charge in [-0.15, -0.1) is 11.3 Å². The number of nitrogens with one attached hydrogen (secondary N) is 2. The summed E-state index contributed by atoms with van der Waals surface area (Å²) in [5, 5.41) is 18.1. The molecule has 3 aliphatic rings. The van der Waals surface area contributed by atoms with Gasteiger partial charge in [-0.3, -0.25) is 34.4 Å². The fraction of sp³-hybridized carbons (Fsp3) is 0.577. The zero-order chi connectivity index (χ0) is 48.9. The van der Waals surface area contributed by atoms with Crippen LogP contribution in [0, 0.1) is 35.0 Å². The summed E-state index contributed by atoms with van der Waals surface area (Å²) in [4.78, 5) is 74.3. The molecule has 3 aromatic heterocycles. The number of hydrogen-bond donors (Lipinski definition) is 3. The Morgan fingerprint density at radius 1 is 1.12 bits per heavy atom. The summed E-state index contributed by atoms with van der Waals surface area (Å²) < 4.78 is 8.10. The summed E-state index contributed by atoms with van der Waals surface area (Å²) in [6.07, 6.45) is 7.55. The van der Waals surface area contributed by atoms with Gasteiger partial charge in [0.05, 0.1) is 40.7 Å². The van der Waals surface area contributed by atoms with E-state index in [2.05, 4.69) is 72.2 Å². The molecule has 3 N–H and O–H groups in total. The third-order valence-corrected chi connectivity index (χ3v) is 15.1. The molecular weight excluding hydrogens is 881 g/mol. The minimum absolute atomic E-state index is 0. The van der Waals surface area contributed by atoms with Crippen molar-refractivity contribution in [3.63, 3.8) is 0 Å². The number of ether oxygens (including phenoxy) is 1. The number of nitrogens with zero attached hydrogens (tertiary/aromatic N) is 6. The molecule has 2 saturated heterocycles. The Labute approximate surface area is 408 Å². The quantitative estimate of drug-likeness (QED) is 0.0540. The van der Waals surface area contributed by atoms with Gasteiger partial charge in [0, 0.05) is 89.3 Å². The summed E-state index contributed by atoms with van der Waals surface area (Å²) in [6.45, 7) is 15.9. The highest BCUT2D eigenvalue weighted by Crippen LogP contribution is 2.42. The van der Waals surface area contributed by atoms with E-state index in [1.165, 1.54) is 11.3 Å². The summed E-state index contributed by atoms with van der Waals surface area (Å²) in [5.74, 6) is 3.53. The number of carbonyl (C=O) groups excluding carboxylic acids is 4. The standard InChI is InChI=1S/C52H70N8O7S.2H2/c1-10-16-45(61)58-28-32(3)40(29-58)50(63)57(8)47(35-18-12-13-19-35)49(62)55-41(51(64)60-24-15-17-33(4)56-60)26-44-54-42(30-68-44)36-21-22-43-38(25-36)39(27-52(6,7)31-67-65)48(59(43)11-2)37-20-14-23-53-46(37)34(5)66-9;;/h14,20-23,25,30,32-35,40-41,47,56,65H,11-13,15,17-19,24,26-29,31H2,1-9H3,(H,55,62);2*1H/t32-,33+,34-,40+,41-,47-;;/m0../s1. The number of fused-ring (bicyclic) bond motifs is 1. The van der Waals surface area contributed by atoms with Gasteiger partial charge in [0.2, 0.25) is 11.8 Å². The molecule has 2 aliphatic heterocycles. The molecule has 68 heavy (non-hydrogen) atoms. The van der Waals surface area contributed by atoms with E-state index in [9.17, 15) is 24.4 Å². The number of carbonyl (C=O) groups is 4. The van der Waals surface area contributed by atoms with Crippen molar-refractivity contribution in [1.82, 2.24) is 40.1 Å². The number of likely N-dealkylation sites (tertiary alicyclic amines) is 1. The van der Waals surface area contributed by atoms with Crippen molar-refractivity contribution in [1.29, 1.82) is 0 Å². The van der Waals surface area contributed by atoms with Gasteiger partial charge < -0.3 is 24.4 Å². The van der Waals surface area contributed by atoms with Crippen LogP contribution in [-0.2, 0) is 48.2 Å². The first-order valence-electron chi connectivity index (χ1n) is 24.3. The maximum Gasteiger partial charge on any atom is 0.298 e. The third-order valence-electron chi connectivity index (χ3n) is 14.3. The Morgan fingerprint density at radius 2 is 1.88 bits per heavy atom. The maximum absolute atomic E-state index is 14.8. The second-order valence-electron chi connectivity index (χ2n) is 19.9. The van der Waals surface area contributed by atoms with Crippen LogP contribution in [0.5, 0.6) is 0 Å². The molecule has 0 radical (unpaired) electrons. The molecule has 0 spiro atoms. The number of pyridine rings is 1. The van der Waals surface area contributed by atoms with Gasteiger partial charge in [0.1, 0.15) is 12.1 Å². The average molecular weight is 955 g/mol. The molecule has 4 amide bonds. The van der Waals surface area contributed by atoms with Crippen LogP contribution in [0.2, 0.25) is 0 Å². The summed E-state index contributed by atoms with van der Waals surface area (Å²) in [7, 11) is 3.38. The smallest absolute Gasteiger partial charge is 0.298 e. The van der Waals surface area contributed by atoms with Gasteiger partial charge >= 0.3 is 0 Å². The monoisotopic (exact) mass is 955 g/mol. The molecule has 6 atom stereocenters. The lowest BCUT2D eigenvalue weighted by atomic mass is 9.84. The number of methoxy groups -OCH3 is 1. The average Bonchev–Trinajstić information content (AvgIpc) is 4.15. The number of rotatable bonds is 17. The van der Waals surface area contributed by atoms with E-state index < -0.39 is 23.4 Å². The molecule has 4 aromatic rings. The van der Waals surface area contributed by atoms with E-state index in [0.717, 1.165) is 83.2 Å². The van der Waals surface area contributed by atoms with Gasteiger partial charge in [-0.1, -0.05) is 45.6 Å². The van der Waals surface area contributed by atoms with Crippen LogP contribution in [-0.4, -0.2) is 117 Å². The molecule has 16 heteroatoms. The van der Waals surface area contributed by atoms with Crippen molar-refractivity contribution in [2.45, 2.75) is 131 Å². The molecule has 1 aliphatic carbocycles. The molecule has 7 rings (SSSR count). The number of aryl methyl sites for hydroxylation is 1. The summed E-state index contributed by atoms with van der Waals surface area (Å²) in [6, 6.07) is 8.76. The lowest BCUT2D eigenvalue weighted by Crippen LogP contribution is -2.61. The number of benzene rings is 1. The molecule has 0 unspecified atom stereocenters. The zero-order valence-corrected chi connectivity index (χ0v) is 42.1. The third kappa shape index (κ3) is 11.0. The number of aromatic nitrogens is 3. The second kappa shape index (κ2) is 22.1. The summed E-state index contributed by atoms with van der Waals surface area (Å²) in [5.41, 5.74) is 9.54. The van der Waals surface area contributed by atoms with E-state index in [-0.39, 0.29) is 70.0 Å². The van der Waals surface area contributed by atoms with Crippen molar-refractivity contribution in [2.24, 2.45) is 23.2 Å². The lowest BCUT2D eigenvalue weighted by molar-refractivity contribution is -0.259. The molecule has 15 nitrogen and oxygen atoms in total. The van der Waals surface area contributed by atoms with Crippen molar-refractivity contribution in [3.05, 3.63) is 58.2 Å². The minimum Gasteiger partial charge on any atom is -0.375 e. The largest absolute Gasteiger partial charge is 0.375 e. The first-order chi connectivity index (χ1) is 32.6. The minimum atomic E-state index is -0.952. The Hall–Kier alpha value is -5.18. The Kier molecular flexibility index (Phi) is 16.4. The SMILES string of the molecule is CC#CC(=O)N1C[C@H](C)[C@H](C(=O)N(C)[C@H](C(=O)N[C@@H](Cc2nc(-c3ccc4c(c3)c(CC(C)(C)COO)c(-c3cccnc3[C@H](C)OC)n4CC)cs2)C(=O)N2CCC[C@@H](C)N2)C2CCCC2)C1.[HH].[HH]. The Morgan fingerprint density at radius 3 is 2.57 bits per heavy atom. The van der Waals surface area contributed by atoms with Crippen molar-refractivity contribution in [2.75, 3.05) is 40.4 Å². The van der Waals surface area contributed by atoms with Crippen LogP contribution in [0.25, 0.3) is 33.4 Å². The van der Waals surface area contributed by atoms with Gasteiger partial charge in [-0.25, -0.2) is 15.3 Å². The van der Waals surface area contributed by atoms with E-state index in [1.54, 1.807) is 42.1 Å². The van der Waals surface area contributed by atoms with Gasteiger partial charge in [-0.05, 0) is 113 Å². The predicted molar refractivity (Wildman–Crippen MR) is 268 cm³/mol. The predicted octanol–water partition coefficient (Wildman–Crippen LogP) is 7.78. The van der Waals surface area contributed by atoms with Crippen molar-refractivity contribution in [3.8, 4) is 34.4 Å². The van der Waals surface area contributed by atoms with E-state index in [4.69, 9.17) is 19.6 Å². The van der Waals surface area contributed by atoms with Crippen LogP contribution in [0.15, 0.2) is 41.9 Å². The molecule has 1 saturated carbocycles. The number of hydrogen-bond acceptors (Lipinski definition) is 11. The van der Waals surface area contributed by atoms with Crippen LogP contribution in [0.3, 0.4) is 0 Å².